The summed E-state index contributed by atoms with van der Waals surface area (Å²) in [4.78, 5) is 11.1. The zero-order valence-corrected chi connectivity index (χ0v) is 27.5. The van der Waals surface area contributed by atoms with E-state index in [1.807, 2.05) is 12.1 Å². The molecule has 3 aromatic rings. The third kappa shape index (κ3) is 10.6. The topological polar surface area (TPSA) is 124 Å². The van der Waals surface area contributed by atoms with E-state index in [1.54, 1.807) is 49.8 Å². The van der Waals surface area contributed by atoms with Gasteiger partial charge in [-0.1, -0.05) is 18.5 Å². The number of nitrogens with zero attached hydrogens (tertiary/aromatic N) is 4. The fraction of sp³-hybridized carbons (Fsp3) is 0.515. The quantitative estimate of drug-likeness (QED) is 0.0617. The number of hydrogen-bond acceptors (Lipinski definition) is 11. The molecule has 1 unspecified atom stereocenters. The summed E-state index contributed by atoms with van der Waals surface area (Å²) in [7, 11) is 3.44. The molecule has 4 rings (SSSR count). The predicted octanol–water partition coefficient (Wildman–Crippen LogP) is 4.85. The number of amidine groups is 1. The zero-order chi connectivity index (χ0) is 31.9. The second-order valence-electron chi connectivity index (χ2n) is 10.8. The molecule has 0 aliphatic carbocycles. The number of ether oxygens (including phenoxy) is 5. The summed E-state index contributed by atoms with van der Waals surface area (Å²) in [5.74, 6) is 1.42. The summed E-state index contributed by atoms with van der Waals surface area (Å²) >= 11 is 1.75. The van der Waals surface area contributed by atoms with Crippen molar-refractivity contribution in [2.24, 2.45) is 10.9 Å². The van der Waals surface area contributed by atoms with Gasteiger partial charge in [0.25, 0.3) is 0 Å². The molecule has 0 bridgehead atoms. The van der Waals surface area contributed by atoms with E-state index in [9.17, 15) is 0 Å². The number of anilines is 1. The summed E-state index contributed by atoms with van der Waals surface area (Å²) in [6.07, 6.45) is 3.17. The number of methoxy groups -OCH3 is 2. The van der Waals surface area contributed by atoms with Crippen LogP contribution in [-0.4, -0.2) is 101 Å². The highest BCUT2D eigenvalue weighted by molar-refractivity contribution is 7.16. The molecule has 1 atom stereocenters. The van der Waals surface area contributed by atoms with E-state index in [1.165, 1.54) is 4.88 Å². The standard InChI is InChI=1S/C33H47N5O6S/c1-4-5-6-30(44-28-13-9-26(10-14-28)32(34)36-39)43-27-11-7-25(8-12-27)31-29(15-16-37-17-23-42-24-18-37)45-33(35-31)38(19-21-40-2)20-22-41-3/h7-14,30,39H,4-6,15-24H2,1-3H3,(H2,34,36). The van der Waals surface area contributed by atoms with E-state index in [0.717, 1.165) is 93.8 Å². The monoisotopic (exact) mass is 641 g/mol. The molecule has 2 aromatic carbocycles. The Morgan fingerprint density at radius 1 is 1.02 bits per heavy atom. The number of unbranched alkanes of at least 4 members (excludes halogenated alkanes) is 1. The van der Waals surface area contributed by atoms with E-state index < -0.39 is 6.29 Å². The first kappa shape index (κ1) is 34.5. The smallest absolute Gasteiger partial charge is 0.241 e. The van der Waals surface area contributed by atoms with E-state index in [0.29, 0.717) is 24.5 Å². The third-order valence-electron chi connectivity index (χ3n) is 7.56. The predicted molar refractivity (Wildman–Crippen MR) is 178 cm³/mol. The van der Waals surface area contributed by atoms with Gasteiger partial charge < -0.3 is 39.5 Å². The second kappa shape index (κ2) is 18.5. The van der Waals surface area contributed by atoms with Crippen molar-refractivity contribution >= 4 is 22.3 Å². The molecule has 0 spiro atoms. The molecule has 1 aromatic heterocycles. The minimum atomic E-state index is -0.462. The van der Waals surface area contributed by atoms with Gasteiger partial charge >= 0.3 is 0 Å². The molecule has 0 radical (unpaired) electrons. The molecule has 11 nitrogen and oxygen atoms in total. The van der Waals surface area contributed by atoms with Crippen molar-refractivity contribution in [2.75, 3.05) is 78.3 Å². The molecule has 0 amide bonds. The number of oxime groups is 1. The second-order valence-corrected chi connectivity index (χ2v) is 11.8. The van der Waals surface area contributed by atoms with Crippen LogP contribution in [0.3, 0.4) is 0 Å². The van der Waals surface area contributed by atoms with Gasteiger partial charge in [-0.2, -0.15) is 0 Å². The van der Waals surface area contributed by atoms with Crippen LogP contribution < -0.4 is 20.1 Å². The van der Waals surface area contributed by atoms with Gasteiger partial charge in [-0.3, -0.25) is 4.90 Å². The Bertz CT molecular complexity index is 1290. The Morgan fingerprint density at radius 3 is 2.22 bits per heavy atom. The minimum Gasteiger partial charge on any atom is -0.455 e. The van der Waals surface area contributed by atoms with Gasteiger partial charge in [-0.05, 0) is 61.4 Å². The van der Waals surface area contributed by atoms with Crippen LogP contribution in [0.15, 0.2) is 53.7 Å². The van der Waals surface area contributed by atoms with E-state index in [-0.39, 0.29) is 5.84 Å². The molecule has 45 heavy (non-hydrogen) atoms. The normalized spacial score (nSPS) is 14.8. The molecule has 1 aliphatic rings. The summed E-state index contributed by atoms with van der Waals surface area (Å²) in [5, 5.41) is 13.0. The van der Waals surface area contributed by atoms with Crippen LogP contribution in [-0.2, 0) is 20.6 Å². The first-order valence-corrected chi connectivity index (χ1v) is 16.4. The van der Waals surface area contributed by atoms with Crippen molar-refractivity contribution in [2.45, 2.75) is 38.9 Å². The van der Waals surface area contributed by atoms with Crippen LogP contribution in [0, 0.1) is 0 Å². The fourth-order valence-electron chi connectivity index (χ4n) is 4.93. The van der Waals surface area contributed by atoms with Crippen molar-refractivity contribution in [1.82, 2.24) is 9.88 Å². The number of benzene rings is 2. The average molecular weight is 642 g/mol. The first-order valence-electron chi connectivity index (χ1n) is 15.6. The van der Waals surface area contributed by atoms with E-state index in [2.05, 4.69) is 34.0 Å². The fourth-order valence-corrected chi connectivity index (χ4v) is 6.05. The van der Waals surface area contributed by atoms with Crippen LogP contribution >= 0.6 is 11.3 Å². The number of thiazole rings is 1. The molecular weight excluding hydrogens is 594 g/mol. The van der Waals surface area contributed by atoms with Gasteiger partial charge in [0.15, 0.2) is 11.0 Å². The Kier molecular flexibility index (Phi) is 14.2. The van der Waals surface area contributed by atoms with Gasteiger partial charge in [-0.15, -0.1) is 11.3 Å². The maximum Gasteiger partial charge on any atom is 0.241 e. The van der Waals surface area contributed by atoms with Gasteiger partial charge in [0, 0.05) is 69.4 Å². The molecule has 2 heterocycles. The maximum atomic E-state index is 8.93. The van der Waals surface area contributed by atoms with Crippen molar-refractivity contribution in [3.63, 3.8) is 0 Å². The van der Waals surface area contributed by atoms with Crippen LogP contribution in [0.4, 0.5) is 5.13 Å². The first-order chi connectivity index (χ1) is 22.0. The lowest BCUT2D eigenvalue weighted by Crippen LogP contribution is -2.37. The lowest BCUT2D eigenvalue weighted by atomic mass is 10.1. The van der Waals surface area contributed by atoms with Crippen LogP contribution in [0.5, 0.6) is 11.5 Å². The molecule has 1 aliphatic heterocycles. The van der Waals surface area contributed by atoms with Gasteiger partial charge in [0.1, 0.15) is 11.5 Å². The lowest BCUT2D eigenvalue weighted by molar-refractivity contribution is -0.00211. The van der Waals surface area contributed by atoms with Crippen molar-refractivity contribution in [3.8, 4) is 22.8 Å². The van der Waals surface area contributed by atoms with Crippen LogP contribution in [0.1, 0.15) is 36.6 Å². The summed E-state index contributed by atoms with van der Waals surface area (Å²) in [5.41, 5.74) is 8.35. The Labute approximate surface area is 270 Å². The summed E-state index contributed by atoms with van der Waals surface area (Å²) in [6, 6.07) is 15.2. The summed E-state index contributed by atoms with van der Waals surface area (Å²) < 4.78 is 28.8. The number of morpholine rings is 1. The van der Waals surface area contributed by atoms with E-state index >= 15 is 0 Å². The highest BCUT2D eigenvalue weighted by Gasteiger charge is 2.20. The highest BCUT2D eigenvalue weighted by atomic mass is 32.1. The third-order valence-corrected chi connectivity index (χ3v) is 8.74. The Hall–Kier alpha value is -3.42. The molecule has 1 saturated heterocycles. The van der Waals surface area contributed by atoms with Gasteiger partial charge in [-0.25, -0.2) is 4.98 Å². The largest absolute Gasteiger partial charge is 0.455 e. The van der Waals surface area contributed by atoms with Gasteiger partial charge in [0.05, 0.1) is 32.1 Å². The zero-order valence-electron chi connectivity index (χ0n) is 26.7. The molecule has 0 saturated carbocycles. The SMILES string of the molecule is CCCCC(Oc1ccc(C(N)=NO)cc1)Oc1ccc(-c2nc(N(CCOC)CCOC)sc2CCN2CCOCC2)cc1. The molecule has 3 N–H and O–H groups in total. The number of nitrogens with two attached hydrogens (primary N) is 1. The maximum absolute atomic E-state index is 8.93. The molecule has 12 heteroatoms. The Balaban J connectivity index is 1.52. The molecule has 1 fully saturated rings. The van der Waals surface area contributed by atoms with E-state index in [4.69, 9.17) is 39.6 Å². The number of rotatable bonds is 19. The molecule has 246 valence electrons. The van der Waals surface area contributed by atoms with Crippen molar-refractivity contribution in [1.29, 1.82) is 0 Å². The lowest BCUT2D eigenvalue weighted by Gasteiger charge is -2.26. The number of aromatic nitrogens is 1. The average Bonchev–Trinajstić information content (AvgIpc) is 3.51. The van der Waals surface area contributed by atoms with Crippen molar-refractivity contribution in [3.05, 3.63) is 59.0 Å². The van der Waals surface area contributed by atoms with Crippen LogP contribution in [0.25, 0.3) is 11.3 Å². The number of hydrogen-bond donors (Lipinski definition) is 2. The Morgan fingerprint density at radius 2 is 1.64 bits per heavy atom. The van der Waals surface area contributed by atoms with Crippen LogP contribution in [0.2, 0.25) is 0 Å². The summed E-state index contributed by atoms with van der Waals surface area (Å²) in [6.45, 7) is 9.30. The van der Waals surface area contributed by atoms with Crippen molar-refractivity contribution < 1.29 is 28.9 Å². The molecular formula is C33H47N5O6S. The minimum absolute atomic E-state index is 0.0505. The highest BCUT2D eigenvalue weighted by Crippen LogP contribution is 2.35. The van der Waals surface area contributed by atoms with Gasteiger partial charge in [0.2, 0.25) is 6.29 Å².